The van der Waals surface area contributed by atoms with Crippen LogP contribution in [0.25, 0.3) is 0 Å². The Kier molecular flexibility index (Phi) is 4.86. The SMILES string of the molecule is NC(=O)Cc1csc(NC(=O)Cc2csc(NC(=O)C3CC3)n2)n1. The number of hydrogen-bond donors (Lipinski definition) is 3. The summed E-state index contributed by atoms with van der Waals surface area (Å²) in [5, 5.41) is 9.74. The number of nitrogens with one attached hydrogen (secondary N) is 2. The average molecular weight is 365 g/mol. The van der Waals surface area contributed by atoms with Crippen LogP contribution in [0, 0.1) is 5.92 Å². The second-order valence-electron chi connectivity index (χ2n) is 5.42. The minimum atomic E-state index is -0.471. The smallest absolute Gasteiger partial charge is 0.232 e. The maximum absolute atomic E-state index is 12.0. The highest BCUT2D eigenvalue weighted by atomic mass is 32.1. The Hall–Kier alpha value is -2.33. The summed E-state index contributed by atoms with van der Waals surface area (Å²) in [5.41, 5.74) is 6.21. The molecule has 1 fully saturated rings. The van der Waals surface area contributed by atoms with Gasteiger partial charge in [-0.25, -0.2) is 9.97 Å². The van der Waals surface area contributed by atoms with E-state index < -0.39 is 5.91 Å². The normalized spacial score (nSPS) is 13.5. The Morgan fingerprint density at radius 2 is 1.62 bits per heavy atom. The van der Waals surface area contributed by atoms with Crippen molar-refractivity contribution in [1.82, 2.24) is 9.97 Å². The number of nitrogens with zero attached hydrogens (tertiary/aromatic N) is 2. The van der Waals surface area contributed by atoms with E-state index in [9.17, 15) is 14.4 Å². The lowest BCUT2D eigenvalue weighted by molar-refractivity contribution is -0.118. The number of carbonyl (C=O) groups is 3. The van der Waals surface area contributed by atoms with Gasteiger partial charge in [-0.3, -0.25) is 14.4 Å². The highest BCUT2D eigenvalue weighted by molar-refractivity contribution is 7.14. The van der Waals surface area contributed by atoms with Crippen LogP contribution in [0.5, 0.6) is 0 Å². The molecule has 3 amide bonds. The Morgan fingerprint density at radius 3 is 2.21 bits per heavy atom. The summed E-state index contributed by atoms with van der Waals surface area (Å²) in [4.78, 5) is 42.8. The van der Waals surface area contributed by atoms with E-state index in [1.54, 1.807) is 10.8 Å². The molecule has 0 aliphatic heterocycles. The molecule has 2 heterocycles. The molecule has 10 heteroatoms. The molecule has 2 aromatic heterocycles. The predicted octanol–water partition coefficient (Wildman–Crippen LogP) is 1.16. The summed E-state index contributed by atoms with van der Waals surface area (Å²) in [6, 6.07) is 0. The number of rotatable bonds is 7. The molecular weight excluding hydrogens is 350 g/mol. The molecule has 126 valence electrons. The Bertz CT molecular complexity index is 781. The van der Waals surface area contributed by atoms with Crippen LogP contribution in [0.15, 0.2) is 10.8 Å². The maximum atomic E-state index is 12.0. The number of amides is 3. The first-order valence-corrected chi connectivity index (χ1v) is 9.03. The van der Waals surface area contributed by atoms with Gasteiger partial charge in [0.1, 0.15) is 0 Å². The van der Waals surface area contributed by atoms with E-state index in [0.29, 0.717) is 21.7 Å². The van der Waals surface area contributed by atoms with Crippen molar-refractivity contribution in [1.29, 1.82) is 0 Å². The van der Waals surface area contributed by atoms with Crippen LogP contribution in [-0.4, -0.2) is 27.7 Å². The van der Waals surface area contributed by atoms with Crippen molar-refractivity contribution in [3.63, 3.8) is 0 Å². The van der Waals surface area contributed by atoms with Crippen molar-refractivity contribution < 1.29 is 14.4 Å². The number of anilines is 2. The van der Waals surface area contributed by atoms with Crippen LogP contribution < -0.4 is 16.4 Å². The molecule has 1 aliphatic rings. The lowest BCUT2D eigenvalue weighted by Gasteiger charge is -2.00. The number of hydrogen-bond acceptors (Lipinski definition) is 7. The average Bonchev–Trinajstić information content (AvgIpc) is 3.14. The quantitative estimate of drug-likeness (QED) is 0.678. The number of primary amides is 1. The summed E-state index contributed by atoms with van der Waals surface area (Å²) >= 11 is 2.52. The van der Waals surface area contributed by atoms with E-state index in [1.807, 2.05) is 0 Å². The summed E-state index contributed by atoms with van der Waals surface area (Å²) in [7, 11) is 0. The minimum Gasteiger partial charge on any atom is -0.369 e. The molecule has 24 heavy (non-hydrogen) atoms. The molecule has 0 atom stereocenters. The van der Waals surface area contributed by atoms with Gasteiger partial charge in [-0.05, 0) is 12.8 Å². The van der Waals surface area contributed by atoms with Crippen LogP contribution in [0.4, 0.5) is 10.3 Å². The third kappa shape index (κ3) is 4.59. The van der Waals surface area contributed by atoms with Crippen LogP contribution in [0.1, 0.15) is 24.2 Å². The molecule has 0 aromatic carbocycles. The molecular formula is C14H15N5O3S2. The van der Waals surface area contributed by atoms with E-state index in [4.69, 9.17) is 5.73 Å². The molecule has 8 nitrogen and oxygen atoms in total. The first-order valence-electron chi connectivity index (χ1n) is 7.27. The lowest BCUT2D eigenvalue weighted by Crippen LogP contribution is -2.16. The second kappa shape index (κ2) is 7.05. The molecule has 0 saturated heterocycles. The van der Waals surface area contributed by atoms with Crippen LogP contribution >= 0.6 is 22.7 Å². The van der Waals surface area contributed by atoms with Gasteiger partial charge >= 0.3 is 0 Å². The van der Waals surface area contributed by atoms with E-state index in [1.165, 1.54) is 22.7 Å². The van der Waals surface area contributed by atoms with Gasteiger partial charge < -0.3 is 16.4 Å². The molecule has 1 aliphatic carbocycles. The van der Waals surface area contributed by atoms with E-state index in [0.717, 1.165) is 12.8 Å². The zero-order chi connectivity index (χ0) is 17.1. The molecule has 0 unspecified atom stereocenters. The van der Waals surface area contributed by atoms with Crippen molar-refractivity contribution in [2.24, 2.45) is 11.7 Å². The molecule has 3 rings (SSSR count). The van der Waals surface area contributed by atoms with Crippen molar-refractivity contribution in [3.8, 4) is 0 Å². The summed E-state index contributed by atoms with van der Waals surface area (Å²) in [6.45, 7) is 0. The molecule has 1 saturated carbocycles. The molecule has 0 spiro atoms. The summed E-state index contributed by atoms with van der Waals surface area (Å²) < 4.78 is 0. The van der Waals surface area contributed by atoms with Crippen molar-refractivity contribution in [3.05, 3.63) is 22.1 Å². The van der Waals surface area contributed by atoms with Gasteiger partial charge in [0.05, 0.1) is 24.2 Å². The largest absolute Gasteiger partial charge is 0.369 e. The lowest BCUT2D eigenvalue weighted by atomic mass is 10.3. The molecule has 2 aromatic rings. The van der Waals surface area contributed by atoms with Crippen molar-refractivity contribution in [2.75, 3.05) is 10.6 Å². The number of carbonyl (C=O) groups excluding carboxylic acids is 3. The molecule has 4 N–H and O–H groups in total. The first kappa shape index (κ1) is 16.5. The third-order valence-corrected chi connectivity index (χ3v) is 4.84. The number of thiazole rings is 2. The predicted molar refractivity (Wildman–Crippen MR) is 90.8 cm³/mol. The van der Waals surface area contributed by atoms with Crippen molar-refractivity contribution in [2.45, 2.75) is 25.7 Å². The Morgan fingerprint density at radius 1 is 1.04 bits per heavy atom. The van der Waals surface area contributed by atoms with Gasteiger partial charge in [-0.15, -0.1) is 22.7 Å². The fraction of sp³-hybridized carbons (Fsp3) is 0.357. The van der Waals surface area contributed by atoms with E-state index in [-0.39, 0.29) is 30.6 Å². The number of aromatic nitrogens is 2. The second-order valence-corrected chi connectivity index (χ2v) is 7.14. The Balaban J connectivity index is 1.51. The maximum Gasteiger partial charge on any atom is 0.232 e. The first-order chi connectivity index (χ1) is 11.5. The zero-order valence-corrected chi connectivity index (χ0v) is 14.2. The topological polar surface area (TPSA) is 127 Å². The van der Waals surface area contributed by atoms with Crippen molar-refractivity contribution >= 4 is 50.7 Å². The monoisotopic (exact) mass is 365 g/mol. The third-order valence-electron chi connectivity index (χ3n) is 3.23. The van der Waals surface area contributed by atoms with Gasteiger partial charge in [0.25, 0.3) is 0 Å². The standard InChI is InChI=1S/C14H15N5O3S2/c15-10(20)3-8-5-23-13(16-8)18-11(21)4-9-6-24-14(17-9)19-12(22)7-1-2-7/h5-7H,1-4H2,(H2,15,20)(H,16,18,21)(H,17,19,22). The van der Waals surface area contributed by atoms with Crippen LogP contribution in [-0.2, 0) is 27.2 Å². The van der Waals surface area contributed by atoms with E-state index >= 15 is 0 Å². The molecule has 0 radical (unpaired) electrons. The van der Waals surface area contributed by atoms with Crippen LogP contribution in [0.3, 0.4) is 0 Å². The summed E-state index contributed by atoms with van der Waals surface area (Å²) in [5.74, 6) is -0.632. The number of nitrogens with two attached hydrogens (primary N) is 1. The molecule has 0 bridgehead atoms. The van der Waals surface area contributed by atoms with Gasteiger partial charge in [-0.1, -0.05) is 0 Å². The zero-order valence-electron chi connectivity index (χ0n) is 12.6. The van der Waals surface area contributed by atoms with Gasteiger partial charge in [0.2, 0.25) is 17.7 Å². The highest BCUT2D eigenvalue weighted by Gasteiger charge is 2.30. The van der Waals surface area contributed by atoms with Gasteiger partial charge in [0.15, 0.2) is 10.3 Å². The fourth-order valence-corrected chi connectivity index (χ4v) is 3.39. The van der Waals surface area contributed by atoms with E-state index in [2.05, 4.69) is 20.6 Å². The van der Waals surface area contributed by atoms with Gasteiger partial charge in [0, 0.05) is 16.7 Å². The van der Waals surface area contributed by atoms with Gasteiger partial charge in [-0.2, -0.15) is 0 Å². The minimum absolute atomic E-state index is 0.00915. The summed E-state index contributed by atoms with van der Waals surface area (Å²) in [6.07, 6.45) is 1.99. The van der Waals surface area contributed by atoms with Crippen LogP contribution in [0.2, 0.25) is 0 Å². The fourth-order valence-electron chi connectivity index (χ4n) is 1.95. The highest BCUT2D eigenvalue weighted by Crippen LogP contribution is 2.30. The Labute approximate surface area is 145 Å².